The molecule has 92 valence electrons. The van der Waals surface area contributed by atoms with Gasteiger partial charge in [-0.05, 0) is 37.9 Å². The van der Waals surface area contributed by atoms with Crippen LogP contribution in [0, 0.1) is 0 Å². The molecule has 1 heterocycles. The van der Waals surface area contributed by atoms with Crippen molar-refractivity contribution in [1.82, 2.24) is 5.32 Å². The normalized spacial score (nSPS) is 20.0. The lowest BCUT2D eigenvalue weighted by atomic mass is 10.0. The van der Waals surface area contributed by atoms with Gasteiger partial charge in [0.1, 0.15) is 0 Å². The summed E-state index contributed by atoms with van der Waals surface area (Å²) in [6.07, 6.45) is 2.34. The molecule has 2 atom stereocenters. The molecule has 1 aliphatic rings. The fraction of sp³-hybridized carbons (Fsp3) is 0.467. The van der Waals surface area contributed by atoms with Crippen molar-refractivity contribution in [2.24, 2.45) is 0 Å². The molecular formula is C15H21NS. The van der Waals surface area contributed by atoms with E-state index in [0.717, 1.165) is 13.0 Å². The van der Waals surface area contributed by atoms with Crippen LogP contribution in [0.1, 0.15) is 25.8 Å². The van der Waals surface area contributed by atoms with Crippen LogP contribution in [0.3, 0.4) is 0 Å². The number of rotatable bonds is 5. The van der Waals surface area contributed by atoms with E-state index >= 15 is 0 Å². The molecule has 2 heteroatoms. The summed E-state index contributed by atoms with van der Waals surface area (Å²) >= 11 is 2.00. The predicted octanol–water partition coefficient (Wildman–Crippen LogP) is 3.65. The SMILES string of the molecule is C=C(C)C(NCCC)C1Cc2ccccc2S1. The molecule has 0 fully saturated rings. The van der Waals surface area contributed by atoms with Gasteiger partial charge in [-0.3, -0.25) is 0 Å². The van der Waals surface area contributed by atoms with Gasteiger partial charge < -0.3 is 5.32 Å². The fourth-order valence-corrected chi connectivity index (χ4v) is 3.83. The smallest absolute Gasteiger partial charge is 0.0401 e. The van der Waals surface area contributed by atoms with Crippen molar-refractivity contribution < 1.29 is 0 Å². The maximum atomic E-state index is 4.14. The summed E-state index contributed by atoms with van der Waals surface area (Å²) in [5.41, 5.74) is 2.75. The molecule has 0 aliphatic carbocycles. The van der Waals surface area contributed by atoms with E-state index in [2.05, 4.69) is 50.0 Å². The van der Waals surface area contributed by atoms with E-state index < -0.39 is 0 Å². The molecule has 1 nitrogen and oxygen atoms in total. The van der Waals surface area contributed by atoms with E-state index in [1.165, 1.54) is 22.5 Å². The summed E-state index contributed by atoms with van der Waals surface area (Å²) in [4.78, 5) is 1.45. The van der Waals surface area contributed by atoms with Gasteiger partial charge in [-0.2, -0.15) is 0 Å². The first-order valence-electron chi connectivity index (χ1n) is 6.35. The molecule has 0 saturated heterocycles. The van der Waals surface area contributed by atoms with Crippen molar-refractivity contribution in [2.75, 3.05) is 6.54 Å². The van der Waals surface area contributed by atoms with Gasteiger partial charge in [0.05, 0.1) is 0 Å². The lowest BCUT2D eigenvalue weighted by Gasteiger charge is -2.24. The fourth-order valence-electron chi connectivity index (χ4n) is 2.32. The quantitative estimate of drug-likeness (QED) is 0.797. The van der Waals surface area contributed by atoms with Gasteiger partial charge >= 0.3 is 0 Å². The molecule has 1 aromatic carbocycles. The van der Waals surface area contributed by atoms with Crippen LogP contribution in [0.4, 0.5) is 0 Å². The average Bonchev–Trinajstić information content (AvgIpc) is 2.72. The van der Waals surface area contributed by atoms with Crippen LogP contribution in [-0.4, -0.2) is 17.8 Å². The lowest BCUT2D eigenvalue weighted by Crippen LogP contribution is -2.39. The minimum atomic E-state index is 0.437. The van der Waals surface area contributed by atoms with Crippen molar-refractivity contribution in [3.8, 4) is 0 Å². The lowest BCUT2D eigenvalue weighted by molar-refractivity contribution is 0.548. The predicted molar refractivity (Wildman–Crippen MR) is 76.7 cm³/mol. The molecular weight excluding hydrogens is 226 g/mol. The third kappa shape index (κ3) is 2.93. The molecule has 1 aliphatic heterocycles. The van der Waals surface area contributed by atoms with Gasteiger partial charge in [-0.1, -0.05) is 37.3 Å². The van der Waals surface area contributed by atoms with Gasteiger partial charge in [0.25, 0.3) is 0 Å². The van der Waals surface area contributed by atoms with Gasteiger partial charge in [0.2, 0.25) is 0 Å². The Kier molecular flexibility index (Phi) is 4.30. The zero-order chi connectivity index (χ0) is 12.3. The second-order valence-electron chi connectivity index (χ2n) is 4.75. The zero-order valence-electron chi connectivity index (χ0n) is 10.7. The maximum Gasteiger partial charge on any atom is 0.0401 e. The molecule has 0 radical (unpaired) electrons. The van der Waals surface area contributed by atoms with E-state index in [0.29, 0.717) is 11.3 Å². The largest absolute Gasteiger partial charge is 0.309 e. The third-order valence-electron chi connectivity index (χ3n) is 3.19. The first kappa shape index (κ1) is 12.7. The first-order chi connectivity index (χ1) is 8.22. The molecule has 17 heavy (non-hydrogen) atoms. The zero-order valence-corrected chi connectivity index (χ0v) is 11.5. The van der Waals surface area contributed by atoms with Crippen molar-refractivity contribution in [3.05, 3.63) is 42.0 Å². The highest BCUT2D eigenvalue weighted by Gasteiger charge is 2.29. The van der Waals surface area contributed by atoms with Crippen LogP contribution in [-0.2, 0) is 6.42 Å². The highest BCUT2D eigenvalue weighted by molar-refractivity contribution is 8.00. The molecule has 0 amide bonds. The van der Waals surface area contributed by atoms with Gasteiger partial charge in [0.15, 0.2) is 0 Å². The number of hydrogen-bond donors (Lipinski definition) is 1. The van der Waals surface area contributed by atoms with Crippen molar-refractivity contribution >= 4 is 11.8 Å². The molecule has 2 unspecified atom stereocenters. The molecule has 0 spiro atoms. The monoisotopic (exact) mass is 247 g/mol. The Morgan fingerprint density at radius 1 is 1.53 bits per heavy atom. The molecule has 1 aromatic rings. The Labute approximate surface area is 109 Å². The summed E-state index contributed by atoms with van der Waals surface area (Å²) in [6.45, 7) is 9.56. The van der Waals surface area contributed by atoms with Gasteiger partial charge in [-0.15, -0.1) is 11.8 Å². The van der Waals surface area contributed by atoms with Crippen LogP contribution in [0.2, 0.25) is 0 Å². The van der Waals surface area contributed by atoms with Gasteiger partial charge in [-0.25, -0.2) is 0 Å². The summed E-state index contributed by atoms with van der Waals surface area (Å²) in [6, 6.07) is 9.18. The van der Waals surface area contributed by atoms with Gasteiger partial charge in [0, 0.05) is 16.2 Å². The summed E-state index contributed by atoms with van der Waals surface area (Å²) in [5.74, 6) is 0. The van der Waals surface area contributed by atoms with Crippen LogP contribution in [0.15, 0.2) is 41.3 Å². The summed E-state index contributed by atoms with van der Waals surface area (Å²) in [7, 11) is 0. The molecule has 0 bridgehead atoms. The van der Waals surface area contributed by atoms with Crippen LogP contribution in [0.5, 0.6) is 0 Å². The number of benzene rings is 1. The minimum Gasteiger partial charge on any atom is -0.309 e. The highest BCUT2D eigenvalue weighted by atomic mass is 32.2. The third-order valence-corrected chi connectivity index (χ3v) is 4.58. The van der Waals surface area contributed by atoms with Crippen LogP contribution >= 0.6 is 11.8 Å². The first-order valence-corrected chi connectivity index (χ1v) is 7.23. The van der Waals surface area contributed by atoms with E-state index in [9.17, 15) is 0 Å². The summed E-state index contributed by atoms with van der Waals surface area (Å²) in [5, 5.41) is 4.23. The Morgan fingerprint density at radius 2 is 2.29 bits per heavy atom. The number of fused-ring (bicyclic) bond motifs is 1. The standard InChI is InChI=1S/C15H21NS/c1-4-9-16-15(11(2)3)14-10-12-7-5-6-8-13(12)17-14/h5-8,14-16H,2,4,9-10H2,1,3H3. The number of thioether (sulfide) groups is 1. The van der Waals surface area contributed by atoms with Crippen LogP contribution in [0.25, 0.3) is 0 Å². The average molecular weight is 247 g/mol. The van der Waals surface area contributed by atoms with E-state index in [-0.39, 0.29) is 0 Å². The molecule has 1 N–H and O–H groups in total. The Hall–Kier alpha value is -0.730. The number of hydrogen-bond acceptors (Lipinski definition) is 2. The Bertz CT molecular complexity index is 375. The maximum absolute atomic E-state index is 4.14. The van der Waals surface area contributed by atoms with E-state index in [4.69, 9.17) is 0 Å². The second kappa shape index (κ2) is 5.74. The minimum absolute atomic E-state index is 0.437. The summed E-state index contributed by atoms with van der Waals surface area (Å²) < 4.78 is 0. The van der Waals surface area contributed by atoms with Crippen molar-refractivity contribution in [3.63, 3.8) is 0 Å². The molecule has 2 rings (SSSR count). The van der Waals surface area contributed by atoms with E-state index in [1.807, 2.05) is 11.8 Å². The highest BCUT2D eigenvalue weighted by Crippen LogP contribution is 2.39. The number of nitrogens with one attached hydrogen (secondary N) is 1. The molecule has 0 aromatic heterocycles. The topological polar surface area (TPSA) is 12.0 Å². The van der Waals surface area contributed by atoms with E-state index in [1.54, 1.807) is 0 Å². The second-order valence-corrected chi connectivity index (χ2v) is 6.03. The Morgan fingerprint density at radius 3 is 2.94 bits per heavy atom. The molecule has 0 saturated carbocycles. The van der Waals surface area contributed by atoms with Crippen LogP contribution < -0.4 is 5.32 Å². The van der Waals surface area contributed by atoms with Crippen molar-refractivity contribution in [2.45, 2.75) is 42.9 Å². The Balaban J connectivity index is 2.06. The van der Waals surface area contributed by atoms with Crippen molar-refractivity contribution in [1.29, 1.82) is 0 Å².